The van der Waals surface area contributed by atoms with Crippen molar-refractivity contribution in [2.24, 2.45) is 0 Å². The molecule has 11 heteroatoms. The Labute approximate surface area is 199 Å². The van der Waals surface area contributed by atoms with Gasteiger partial charge in [-0.25, -0.2) is 9.97 Å². The number of hydrogen-bond acceptors (Lipinski definition) is 9. The number of nitrogens with one attached hydrogen (secondary N) is 1. The third-order valence-corrected chi connectivity index (χ3v) is 6.51. The van der Waals surface area contributed by atoms with Gasteiger partial charge in [-0.3, -0.25) is 19.9 Å². The van der Waals surface area contributed by atoms with E-state index in [0.29, 0.717) is 35.8 Å². The van der Waals surface area contributed by atoms with Gasteiger partial charge < -0.3 is 8.98 Å². The summed E-state index contributed by atoms with van der Waals surface area (Å²) in [4.78, 5) is 37.7. The number of Topliss-reactive ketones (excluding diaryl/α,β-unsaturated/α-hetero) is 1. The third-order valence-electron chi connectivity index (χ3n) is 5.54. The average Bonchev–Trinajstić information content (AvgIpc) is 3.53. The van der Waals surface area contributed by atoms with E-state index in [1.165, 1.54) is 18.0 Å². The zero-order valence-corrected chi connectivity index (χ0v) is 19.2. The standard InChI is InChI=1S/C23H21N7O3S/c1-2-30-21(14-5-7-24-8-6-14)28-29-23(30)34-13-20(32)27-22-25-12-16-17(26-22)10-15(11-18(16)31)19-4-3-9-33-19/h3-9,12,15H,2,10-11,13H2,1H3,(H,25,26,27,32)/t15-/m0/s1. The molecule has 0 spiro atoms. The minimum atomic E-state index is -0.272. The number of carbonyl (C=O) groups excluding carboxylic acids is 2. The predicted octanol–water partition coefficient (Wildman–Crippen LogP) is 3.39. The van der Waals surface area contributed by atoms with Crippen molar-refractivity contribution in [3.05, 3.63) is 66.1 Å². The topological polar surface area (TPSA) is 129 Å². The first kappa shape index (κ1) is 22.0. The Morgan fingerprint density at radius 1 is 1.24 bits per heavy atom. The molecule has 34 heavy (non-hydrogen) atoms. The van der Waals surface area contributed by atoms with E-state index in [0.717, 1.165) is 17.1 Å². The van der Waals surface area contributed by atoms with Gasteiger partial charge in [0, 0.05) is 49.5 Å². The molecule has 0 fully saturated rings. The summed E-state index contributed by atoms with van der Waals surface area (Å²) >= 11 is 1.28. The SMILES string of the molecule is CCn1c(SCC(=O)Nc2ncc3c(n2)C[C@H](c2ccco2)CC3=O)nnc1-c1ccncc1. The fraction of sp³-hybridized carbons (Fsp3) is 0.261. The predicted molar refractivity (Wildman–Crippen MR) is 124 cm³/mol. The number of carbonyl (C=O) groups is 2. The molecule has 4 aromatic heterocycles. The third kappa shape index (κ3) is 4.46. The molecule has 1 aliphatic rings. The number of nitrogens with zero attached hydrogens (tertiary/aromatic N) is 6. The smallest absolute Gasteiger partial charge is 0.237 e. The molecule has 4 aromatic rings. The van der Waals surface area contributed by atoms with Crippen molar-refractivity contribution < 1.29 is 14.0 Å². The normalized spacial score (nSPS) is 15.2. The number of hydrogen-bond donors (Lipinski definition) is 1. The van der Waals surface area contributed by atoms with Crippen molar-refractivity contribution in [1.82, 2.24) is 29.7 Å². The highest BCUT2D eigenvalue weighted by Gasteiger charge is 2.29. The molecule has 4 heterocycles. The van der Waals surface area contributed by atoms with Gasteiger partial charge in [-0.15, -0.1) is 10.2 Å². The largest absolute Gasteiger partial charge is 0.469 e. The van der Waals surface area contributed by atoms with Crippen LogP contribution in [0, 0.1) is 0 Å². The first-order valence-corrected chi connectivity index (χ1v) is 11.8. The molecule has 0 aromatic carbocycles. The zero-order chi connectivity index (χ0) is 23.5. The molecule has 10 nitrogen and oxygen atoms in total. The van der Waals surface area contributed by atoms with E-state index in [1.807, 2.05) is 29.7 Å². The summed E-state index contributed by atoms with van der Waals surface area (Å²) < 4.78 is 7.42. The molecular formula is C23H21N7O3S. The average molecular weight is 476 g/mol. The van der Waals surface area contributed by atoms with Crippen LogP contribution in [-0.2, 0) is 17.8 Å². The summed E-state index contributed by atoms with van der Waals surface area (Å²) in [6.45, 7) is 2.66. The molecule has 0 radical (unpaired) electrons. The molecule has 0 saturated carbocycles. The number of fused-ring (bicyclic) bond motifs is 1. The summed E-state index contributed by atoms with van der Waals surface area (Å²) in [5.41, 5.74) is 2.02. The van der Waals surface area contributed by atoms with E-state index in [-0.39, 0.29) is 29.3 Å². The van der Waals surface area contributed by atoms with E-state index in [9.17, 15) is 9.59 Å². The zero-order valence-electron chi connectivity index (χ0n) is 18.3. The first-order valence-electron chi connectivity index (χ1n) is 10.8. The van der Waals surface area contributed by atoms with Crippen LogP contribution in [0.3, 0.4) is 0 Å². The van der Waals surface area contributed by atoms with Crippen LogP contribution >= 0.6 is 11.8 Å². The van der Waals surface area contributed by atoms with Crippen molar-refractivity contribution in [2.45, 2.75) is 37.4 Å². The lowest BCUT2D eigenvalue weighted by atomic mass is 9.85. The van der Waals surface area contributed by atoms with Gasteiger partial charge in [0.05, 0.1) is 23.3 Å². The maximum absolute atomic E-state index is 12.6. The number of aromatic nitrogens is 6. The van der Waals surface area contributed by atoms with Crippen LogP contribution in [0.1, 0.15) is 41.1 Å². The molecule has 0 aliphatic heterocycles. The maximum Gasteiger partial charge on any atom is 0.237 e. The molecule has 5 rings (SSSR count). The molecule has 1 aliphatic carbocycles. The number of amides is 1. The molecule has 1 amide bonds. The molecule has 0 saturated heterocycles. The number of anilines is 1. The number of furan rings is 1. The second-order valence-electron chi connectivity index (χ2n) is 7.72. The van der Waals surface area contributed by atoms with Crippen LogP contribution in [0.25, 0.3) is 11.4 Å². The van der Waals surface area contributed by atoms with Crippen LogP contribution in [0.5, 0.6) is 0 Å². The van der Waals surface area contributed by atoms with Crippen molar-refractivity contribution in [1.29, 1.82) is 0 Å². The summed E-state index contributed by atoms with van der Waals surface area (Å²) in [7, 11) is 0. The van der Waals surface area contributed by atoms with Crippen LogP contribution in [0.4, 0.5) is 5.95 Å². The van der Waals surface area contributed by atoms with Crippen molar-refractivity contribution in [3.8, 4) is 11.4 Å². The van der Waals surface area contributed by atoms with Gasteiger partial charge in [-0.1, -0.05) is 11.8 Å². The van der Waals surface area contributed by atoms with Gasteiger partial charge in [0.15, 0.2) is 16.8 Å². The Morgan fingerprint density at radius 2 is 2.09 bits per heavy atom. The summed E-state index contributed by atoms with van der Waals surface area (Å²) in [5.74, 6) is 1.40. The van der Waals surface area contributed by atoms with E-state index in [2.05, 4.69) is 30.5 Å². The van der Waals surface area contributed by atoms with E-state index < -0.39 is 0 Å². The highest BCUT2D eigenvalue weighted by atomic mass is 32.2. The van der Waals surface area contributed by atoms with Crippen molar-refractivity contribution in [3.63, 3.8) is 0 Å². The first-order chi connectivity index (χ1) is 16.6. The number of rotatable bonds is 7. The van der Waals surface area contributed by atoms with Gasteiger partial charge in [-0.05, 0) is 31.2 Å². The van der Waals surface area contributed by atoms with E-state index in [4.69, 9.17) is 4.42 Å². The minimum absolute atomic E-state index is 0.0278. The molecule has 1 atom stereocenters. The monoisotopic (exact) mass is 475 g/mol. The Bertz CT molecular complexity index is 1320. The van der Waals surface area contributed by atoms with Crippen molar-refractivity contribution in [2.75, 3.05) is 11.1 Å². The van der Waals surface area contributed by atoms with Gasteiger partial charge in [0.1, 0.15) is 5.76 Å². The Hall–Kier alpha value is -3.86. The Kier molecular flexibility index (Phi) is 6.17. The number of ketones is 1. The summed E-state index contributed by atoms with van der Waals surface area (Å²) in [6.07, 6.45) is 7.39. The lowest BCUT2D eigenvalue weighted by Gasteiger charge is -2.21. The van der Waals surface area contributed by atoms with Gasteiger partial charge in [0.2, 0.25) is 11.9 Å². The van der Waals surface area contributed by atoms with E-state index in [1.54, 1.807) is 24.7 Å². The van der Waals surface area contributed by atoms with Gasteiger partial charge >= 0.3 is 0 Å². The quantitative estimate of drug-likeness (QED) is 0.400. The fourth-order valence-electron chi connectivity index (χ4n) is 3.92. The molecule has 1 N–H and O–H groups in total. The summed E-state index contributed by atoms with van der Waals surface area (Å²) in [6, 6.07) is 7.40. The van der Waals surface area contributed by atoms with Gasteiger partial charge in [0.25, 0.3) is 0 Å². The minimum Gasteiger partial charge on any atom is -0.469 e. The van der Waals surface area contributed by atoms with Crippen LogP contribution < -0.4 is 5.32 Å². The maximum atomic E-state index is 12.6. The van der Waals surface area contributed by atoms with Crippen LogP contribution in [-0.4, -0.2) is 47.2 Å². The van der Waals surface area contributed by atoms with Crippen LogP contribution in [0.2, 0.25) is 0 Å². The van der Waals surface area contributed by atoms with Gasteiger partial charge in [-0.2, -0.15) is 0 Å². The van der Waals surface area contributed by atoms with Crippen LogP contribution in [0.15, 0.2) is 58.7 Å². The van der Waals surface area contributed by atoms with E-state index >= 15 is 0 Å². The Morgan fingerprint density at radius 3 is 2.85 bits per heavy atom. The number of thioether (sulfide) groups is 1. The Balaban J connectivity index is 1.25. The lowest BCUT2D eigenvalue weighted by Crippen LogP contribution is -2.22. The molecule has 0 bridgehead atoms. The fourth-order valence-corrected chi connectivity index (χ4v) is 4.72. The van der Waals surface area contributed by atoms with Crippen molar-refractivity contribution >= 4 is 29.4 Å². The molecular weight excluding hydrogens is 454 g/mol. The second kappa shape index (κ2) is 9.56. The summed E-state index contributed by atoms with van der Waals surface area (Å²) in [5, 5.41) is 11.9. The second-order valence-corrected chi connectivity index (χ2v) is 8.66. The highest BCUT2D eigenvalue weighted by molar-refractivity contribution is 7.99. The lowest BCUT2D eigenvalue weighted by molar-refractivity contribution is -0.113. The molecule has 172 valence electrons. The molecule has 0 unspecified atom stereocenters. The highest BCUT2D eigenvalue weighted by Crippen LogP contribution is 2.32. The number of pyridine rings is 1.